The van der Waals surface area contributed by atoms with Crippen LogP contribution in [0.5, 0.6) is 0 Å². The monoisotopic (exact) mass is 304 g/mol. The van der Waals surface area contributed by atoms with E-state index in [1.54, 1.807) is 0 Å². The summed E-state index contributed by atoms with van der Waals surface area (Å²) >= 11 is 0. The van der Waals surface area contributed by atoms with Gasteiger partial charge in [0.1, 0.15) is 6.04 Å². The van der Waals surface area contributed by atoms with Crippen molar-refractivity contribution in [2.75, 3.05) is 6.54 Å². The van der Waals surface area contributed by atoms with Gasteiger partial charge >= 0.3 is 0 Å². The van der Waals surface area contributed by atoms with Gasteiger partial charge in [-0.1, -0.05) is 32.6 Å². The highest BCUT2D eigenvalue weighted by atomic mass is 16.2. The number of rotatable bonds is 2. The molecule has 22 heavy (non-hydrogen) atoms. The van der Waals surface area contributed by atoms with Crippen LogP contribution in [0.15, 0.2) is 35.5 Å². The van der Waals surface area contributed by atoms with E-state index in [1.807, 2.05) is 39.8 Å². The van der Waals surface area contributed by atoms with Crippen molar-refractivity contribution in [1.82, 2.24) is 10.2 Å². The molecule has 2 heterocycles. The number of piperidine rings is 1. The Morgan fingerprint density at radius 2 is 1.95 bits per heavy atom. The molecule has 2 aliphatic rings. The number of hydrogen-bond donors (Lipinski definition) is 1. The highest BCUT2D eigenvalue weighted by Gasteiger charge is 2.40. The Bertz CT molecular complexity index is 558. The molecule has 0 aromatic rings. The average Bonchev–Trinajstić information content (AvgIpc) is 2.76. The number of likely N-dealkylation sites (tertiary alicyclic amines) is 1. The number of hydrogen-bond acceptors (Lipinski definition) is 3. The molecule has 1 unspecified atom stereocenters. The van der Waals surface area contributed by atoms with Crippen LogP contribution >= 0.6 is 0 Å². The van der Waals surface area contributed by atoms with Gasteiger partial charge in [0.2, 0.25) is 11.8 Å². The first kappa shape index (κ1) is 17.9. The van der Waals surface area contributed by atoms with Gasteiger partial charge in [-0.25, -0.2) is 0 Å². The maximum atomic E-state index is 12.5. The van der Waals surface area contributed by atoms with Crippen molar-refractivity contribution < 1.29 is 14.4 Å². The van der Waals surface area contributed by atoms with Crippen LogP contribution in [0.3, 0.4) is 0 Å². The lowest BCUT2D eigenvalue weighted by Crippen LogP contribution is -2.52. The number of allylic oxidation sites excluding steroid dienone is 3. The number of carbonyl (C=O) groups excluding carboxylic acids is 3. The summed E-state index contributed by atoms with van der Waals surface area (Å²) in [6.07, 6.45) is 4.35. The standard InChI is InChI=1S/C15H18N2O3.C2H6/c1-4-5-9(2)13-10(3)8-17(15(13)20)11-6-7-12(18)16-14(11)19;1-2/h4-5,11H,3,6-8H2,1-2H3,(H,16,18,19);1-2H3/b5-4-,13-9+;. The Kier molecular flexibility index (Phi) is 6.28. The zero-order chi connectivity index (χ0) is 16.9. The maximum Gasteiger partial charge on any atom is 0.255 e. The first-order valence-electron chi connectivity index (χ1n) is 7.62. The van der Waals surface area contributed by atoms with Crippen molar-refractivity contribution >= 4 is 17.7 Å². The fraction of sp³-hybridized carbons (Fsp3) is 0.471. The van der Waals surface area contributed by atoms with Gasteiger partial charge in [-0.2, -0.15) is 0 Å². The Morgan fingerprint density at radius 3 is 2.50 bits per heavy atom. The van der Waals surface area contributed by atoms with Crippen LogP contribution in [-0.4, -0.2) is 35.2 Å². The summed E-state index contributed by atoms with van der Waals surface area (Å²) < 4.78 is 0. The molecule has 2 aliphatic heterocycles. The molecule has 0 radical (unpaired) electrons. The minimum atomic E-state index is -0.576. The Morgan fingerprint density at radius 1 is 1.32 bits per heavy atom. The summed E-state index contributed by atoms with van der Waals surface area (Å²) in [7, 11) is 0. The second-order valence-corrected chi connectivity index (χ2v) is 5.06. The first-order valence-corrected chi connectivity index (χ1v) is 7.62. The van der Waals surface area contributed by atoms with Crippen molar-refractivity contribution in [3.8, 4) is 0 Å². The lowest BCUT2D eigenvalue weighted by molar-refractivity contribution is -0.142. The molecule has 5 heteroatoms. The quantitative estimate of drug-likeness (QED) is 0.627. The van der Waals surface area contributed by atoms with Crippen molar-refractivity contribution in [3.05, 3.63) is 35.5 Å². The molecule has 0 aromatic carbocycles. The first-order chi connectivity index (χ1) is 10.5. The highest BCUT2D eigenvalue weighted by Crippen LogP contribution is 2.29. The van der Waals surface area contributed by atoms with Gasteiger partial charge in [-0.05, 0) is 31.4 Å². The zero-order valence-corrected chi connectivity index (χ0v) is 13.7. The molecule has 0 spiro atoms. The van der Waals surface area contributed by atoms with Crippen molar-refractivity contribution in [2.45, 2.75) is 46.6 Å². The minimum absolute atomic E-state index is 0.180. The third kappa shape index (κ3) is 3.53. The predicted octanol–water partition coefficient (Wildman–Crippen LogP) is 2.11. The van der Waals surface area contributed by atoms with Gasteiger partial charge in [-0.15, -0.1) is 0 Å². The van der Waals surface area contributed by atoms with Gasteiger partial charge in [0.25, 0.3) is 5.91 Å². The van der Waals surface area contributed by atoms with E-state index in [4.69, 9.17) is 0 Å². The van der Waals surface area contributed by atoms with E-state index in [2.05, 4.69) is 11.9 Å². The number of nitrogens with zero attached hydrogens (tertiary/aromatic N) is 1. The Hall–Kier alpha value is -2.17. The van der Waals surface area contributed by atoms with E-state index in [1.165, 1.54) is 4.90 Å². The Labute approximate surface area is 131 Å². The van der Waals surface area contributed by atoms with Crippen LogP contribution in [0.4, 0.5) is 0 Å². The molecule has 120 valence electrons. The van der Waals surface area contributed by atoms with Crippen LogP contribution in [-0.2, 0) is 14.4 Å². The van der Waals surface area contributed by atoms with Crippen molar-refractivity contribution in [1.29, 1.82) is 0 Å². The second-order valence-electron chi connectivity index (χ2n) is 5.06. The number of nitrogens with one attached hydrogen (secondary N) is 1. The van der Waals surface area contributed by atoms with Gasteiger partial charge < -0.3 is 4.90 Å². The van der Waals surface area contributed by atoms with E-state index < -0.39 is 11.9 Å². The van der Waals surface area contributed by atoms with Crippen LogP contribution in [0, 0.1) is 0 Å². The van der Waals surface area contributed by atoms with Crippen LogP contribution in [0.1, 0.15) is 40.5 Å². The molecule has 2 fully saturated rings. The summed E-state index contributed by atoms with van der Waals surface area (Å²) in [5, 5.41) is 2.28. The lowest BCUT2D eigenvalue weighted by Gasteiger charge is -2.28. The van der Waals surface area contributed by atoms with Gasteiger partial charge in [0.15, 0.2) is 0 Å². The highest BCUT2D eigenvalue weighted by molar-refractivity contribution is 6.07. The van der Waals surface area contributed by atoms with Crippen LogP contribution < -0.4 is 5.32 Å². The third-order valence-corrected chi connectivity index (χ3v) is 3.59. The molecule has 0 aromatic heterocycles. The van der Waals surface area contributed by atoms with E-state index in [-0.39, 0.29) is 18.2 Å². The van der Waals surface area contributed by atoms with E-state index >= 15 is 0 Å². The average molecular weight is 304 g/mol. The van der Waals surface area contributed by atoms with E-state index in [9.17, 15) is 14.4 Å². The molecule has 0 bridgehead atoms. The number of carbonyl (C=O) groups is 3. The molecular formula is C17H24N2O3. The SMILES string of the molecule is C=C1CN(C2CCC(=O)NC2=O)C(=O)/C1=C(C)/C=C\C.CC. The molecule has 0 aliphatic carbocycles. The van der Waals surface area contributed by atoms with Gasteiger partial charge in [0.05, 0.1) is 0 Å². The third-order valence-electron chi connectivity index (χ3n) is 3.59. The normalized spacial score (nSPS) is 24.4. The van der Waals surface area contributed by atoms with E-state index in [0.717, 1.165) is 11.1 Å². The van der Waals surface area contributed by atoms with Gasteiger partial charge in [0, 0.05) is 18.5 Å². The fourth-order valence-corrected chi connectivity index (χ4v) is 2.66. The topological polar surface area (TPSA) is 66.5 Å². The molecular weight excluding hydrogens is 280 g/mol. The zero-order valence-electron chi connectivity index (χ0n) is 13.7. The second kappa shape index (κ2) is 7.73. The maximum absolute atomic E-state index is 12.5. The molecule has 5 nitrogen and oxygen atoms in total. The number of amides is 3. The lowest BCUT2D eigenvalue weighted by atomic mass is 10.0. The Balaban J connectivity index is 0.00000116. The van der Waals surface area contributed by atoms with Gasteiger partial charge in [-0.3, -0.25) is 19.7 Å². The van der Waals surface area contributed by atoms with Crippen LogP contribution in [0.2, 0.25) is 0 Å². The molecule has 3 amide bonds. The predicted molar refractivity (Wildman–Crippen MR) is 85.9 cm³/mol. The summed E-state index contributed by atoms with van der Waals surface area (Å²) in [5.41, 5.74) is 2.14. The molecule has 2 saturated heterocycles. The van der Waals surface area contributed by atoms with Crippen molar-refractivity contribution in [3.63, 3.8) is 0 Å². The molecule has 1 atom stereocenters. The smallest absolute Gasteiger partial charge is 0.255 e. The van der Waals surface area contributed by atoms with E-state index in [0.29, 0.717) is 18.5 Å². The summed E-state index contributed by atoms with van der Waals surface area (Å²) in [6, 6.07) is -0.576. The molecule has 0 saturated carbocycles. The fourth-order valence-electron chi connectivity index (χ4n) is 2.66. The van der Waals surface area contributed by atoms with Crippen LogP contribution in [0.25, 0.3) is 0 Å². The largest absolute Gasteiger partial charge is 0.322 e. The molecule has 1 N–H and O–H groups in total. The summed E-state index contributed by atoms with van der Waals surface area (Å²) in [4.78, 5) is 37.0. The minimum Gasteiger partial charge on any atom is -0.322 e. The summed E-state index contributed by atoms with van der Waals surface area (Å²) in [6.45, 7) is 12.0. The van der Waals surface area contributed by atoms with Crippen molar-refractivity contribution in [2.24, 2.45) is 0 Å². The summed E-state index contributed by atoms with van der Waals surface area (Å²) in [5.74, 6) is -0.856. The number of imide groups is 1. The molecule has 2 rings (SSSR count).